The molecule has 0 unspecified atom stereocenters. The molecule has 0 radical (unpaired) electrons. The van der Waals surface area contributed by atoms with Crippen molar-refractivity contribution in [2.75, 3.05) is 5.75 Å². The average molecular weight is 430 g/mol. The van der Waals surface area contributed by atoms with E-state index in [1.807, 2.05) is 0 Å². The van der Waals surface area contributed by atoms with E-state index in [4.69, 9.17) is 0 Å². The van der Waals surface area contributed by atoms with Gasteiger partial charge in [0.05, 0.1) is 16.2 Å². The average Bonchev–Trinajstić information content (AvgIpc) is 3.11. The van der Waals surface area contributed by atoms with Crippen molar-refractivity contribution in [1.82, 2.24) is 25.6 Å². The topological polar surface area (TPSA) is 132 Å². The SMILES string of the molecule is Cn1c(SCC(=O)NNC(=O)c2cccc([N+](=O)[O-])c2)nnc1-c1ccccc1F. The van der Waals surface area contributed by atoms with E-state index in [1.165, 1.54) is 24.3 Å². The highest BCUT2D eigenvalue weighted by Gasteiger charge is 2.16. The van der Waals surface area contributed by atoms with Crippen molar-refractivity contribution < 1.29 is 18.9 Å². The number of thioether (sulfide) groups is 1. The van der Waals surface area contributed by atoms with Crippen LogP contribution in [0.2, 0.25) is 0 Å². The van der Waals surface area contributed by atoms with Crippen LogP contribution in [0.1, 0.15) is 10.4 Å². The molecule has 2 aromatic carbocycles. The highest BCUT2D eigenvalue weighted by molar-refractivity contribution is 7.99. The van der Waals surface area contributed by atoms with Gasteiger partial charge in [-0.1, -0.05) is 30.0 Å². The van der Waals surface area contributed by atoms with Crippen molar-refractivity contribution in [3.05, 3.63) is 70.0 Å². The second-order valence-electron chi connectivity index (χ2n) is 5.94. The van der Waals surface area contributed by atoms with E-state index in [-0.39, 0.29) is 22.6 Å². The quantitative estimate of drug-likeness (QED) is 0.348. The van der Waals surface area contributed by atoms with Crippen molar-refractivity contribution in [2.45, 2.75) is 5.16 Å². The molecule has 0 spiro atoms. The Morgan fingerprint density at radius 1 is 1.17 bits per heavy atom. The molecule has 30 heavy (non-hydrogen) atoms. The predicted octanol–water partition coefficient (Wildman–Crippen LogP) is 2.08. The van der Waals surface area contributed by atoms with Crippen molar-refractivity contribution >= 4 is 29.3 Å². The fourth-order valence-corrected chi connectivity index (χ4v) is 3.15. The molecule has 0 aliphatic carbocycles. The van der Waals surface area contributed by atoms with Crippen LogP contribution in [0.3, 0.4) is 0 Å². The fourth-order valence-electron chi connectivity index (χ4n) is 2.44. The maximum Gasteiger partial charge on any atom is 0.270 e. The van der Waals surface area contributed by atoms with E-state index in [0.29, 0.717) is 11.0 Å². The van der Waals surface area contributed by atoms with Crippen LogP contribution >= 0.6 is 11.8 Å². The van der Waals surface area contributed by atoms with Gasteiger partial charge in [-0.2, -0.15) is 0 Å². The first-order chi connectivity index (χ1) is 14.4. The van der Waals surface area contributed by atoms with E-state index in [9.17, 15) is 24.1 Å². The van der Waals surface area contributed by atoms with Gasteiger partial charge in [0, 0.05) is 24.7 Å². The predicted molar refractivity (Wildman–Crippen MR) is 106 cm³/mol. The van der Waals surface area contributed by atoms with Crippen LogP contribution in [0, 0.1) is 15.9 Å². The molecule has 0 bridgehead atoms. The number of halogens is 1. The molecule has 2 amide bonds. The normalized spacial score (nSPS) is 10.5. The zero-order chi connectivity index (χ0) is 21.7. The lowest BCUT2D eigenvalue weighted by atomic mass is 10.2. The zero-order valence-corrected chi connectivity index (χ0v) is 16.4. The molecule has 2 N–H and O–H groups in total. The first-order valence-corrected chi connectivity index (χ1v) is 9.46. The number of nitro groups is 1. The van der Waals surface area contributed by atoms with Crippen LogP contribution in [-0.2, 0) is 11.8 Å². The monoisotopic (exact) mass is 430 g/mol. The van der Waals surface area contributed by atoms with Gasteiger partial charge in [0.1, 0.15) is 5.82 Å². The molecule has 0 saturated carbocycles. The molecule has 0 atom stereocenters. The van der Waals surface area contributed by atoms with Crippen LogP contribution in [0.5, 0.6) is 0 Å². The number of rotatable bonds is 6. The Bertz CT molecular complexity index is 1120. The number of benzene rings is 2. The number of aromatic nitrogens is 3. The number of nitro benzene ring substituents is 1. The summed E-state index contributed by atoms with van der Waals surface area (Å²) < 4.78 is 15.5. The molecule has 10 nitrogen and oxygen atoms in total. The second-order valence-corrected chi connectivity index (χ2v) is 6.89. The van der Waals surface area contributed by atoms with Crippen molar-refractivity contribution in [1.29, 1.82) is 0 Å². The third kappa shape index (κ3) is 4.78. The number of hydrazine groups is 1. The van der Waals surface area contributed by atoms with Crippen molar-refractivity contribution in [3.8, 4) is 11.4 Å². The highest BCUT2D eigenvalue weighted by atomic mass is 32.2. The molecule has 3 aromatic rings. The molecular weight excluding hydrogens is 415 g/mol. The van der Waals surface area contributed by atoms with Crippen LogP contribution in [0.4, 0.5) is 10.1 Å². The molecule has 0 saturated heterocycles. The summed E-state index contributed by atoms with van der Waals surface area (Å²) in [5.41, 5.74) is 4.48. The number of hydrogen-bond donors (Lipinski definition) is 2. The molecule has 0 aliphatic heterocycles. The number of nitrogens with zero attached hydrogens (tertiary/aromatic N) is 4. The number of non-ortho nitro benzene ring substituents is 1. The van der Waals surface area contributed by atoms with Gasteiger partial charge >= 0.3 is 0 Å². The number of amides is 2. The number of carbonyl (C=O) groups is 2. The van der Waals surface area contributed by atoms with E-state index >= 15 is 0 Å². The van der Waals surface area contributed by atoms with Crippen LogP contribution in [0.15, 0.2) is 53.7 Å². The Balaban J connectivity index is 1.55. The van der Waals surface area contributed by atoms with E-state index in [1.54, 1.807) is 29.8 Å². The first-order valence-electron chi connectivity index (χ1n) is 8.47. The molecule has 0 fully saturated rings. The lowest BCUT2D eigenvalue weighted by Gasteiger charge is -2.07. The third-order valence-corrected chi connectivity index (χ3v) is 4.94. The van der Waals surface area contributed by atoms with Gasteiger partial charge in [0.25, 0.3) is 11.6 Å². The van der Waals surface area contributed by atoms with Gasteiger partial charge in [0.15, 0.2) is 11.0 Å². The Hall–Kier alpha value is -3.80. The lowest BCUT2D eigenvalue weighted by molar-refractivity contribution is -0.384. The second kappa shape index (κ2) is 9.13. The summed E-state index contributed by atoms with van der Waals surface area (Å²) in [5.74, 6) is -1.45. The van der Waals surface area contributed by atoms with Gasteiger partial charge in [-0.25, -0.2) is 4.39 Å². The van der Waals surface area contributed by atoms with Crippen LogP contribution in [-0.4, -0.2) is 37.3 Å². The molecule has 0 aliphatic rings. The van der Waals surface area contributed by atoms with Crippen LogP contribution < -0.4 is 10.9 Å². The summed E-state index contributed by atoms with van der Waals surface area (Å²) in [6.07, 6.45) is 0. The summed E-state index contributed by atoms with van der Waals surface area (Å²) in [5, 5.41) is 19.1. The van der Waals surface area contributed by atoms with E-state index < -0.39 is 22.6 Å². The number of hydrogen-bond acceptors (Lipinski definition) is 7. The smallest absolute Gasteiger partial charge is 0.270 e. The molecular formula is C18H15FN6O4S. The third-order valence-electron chi connectivity index (χ3n) is 3.92. The lowest BCUT2D eigenvalue weighted by Crippen LogP contribution is -2.42. The van der Waals surface area contributed by atoms with Gasteiger partial charge in [0.2, 0.25) is 5.91 Å². The minimum Gasteiger partial charge on any atom is -0.305 e. The summed E-state index contributed by atoms with van der Waals surface area (Å²) in [7, 11) is 1.64. The maximum atomic E-state index is 13.9. The minimum absolute atomic E-state index is 0.0278. The number of carbonyl (C=O) groups excluding carboxylic acids is 2. The Kier molecular flexibility index (Phi) is 6.37. The summed E-state index contributed by atoms with van der Waals surface area (Å²) >= 11 is 1.04. The zero-order valence-electron chi connectivity index (χ0n) is 15.5. The summed E-state index contributed by atoms with van der Waals surface area (Å²) in [4.78, 5) is 34.2. The Morgan fingerprint density at radius 2 is 1.93 bits per heavy atom. The molecule has 1 aromatic heterocycles. The summed E-state index contributed by atoms with van der Waals surface area (Å²) in [6.45, 7) is 0. The minimum atomic E-state index is -0.697. The van der Waals surface area contributed by atoms with Crippen molar-refractivity contribution in [2.24, 2.45) is 7.05 Å². The van der Waals surface area contributed by atoms with Gasteiger partial charge in [-0.15, -0.1) is 10.2 Å². The highest BCUT2D eigenvalue weighted by Crippen LogP contribution is 2.24. The Morgan fingerprint density at radius 3 is 2.67 bits per heavy atom. The Labute approximate surface area is 173 Å². The molecule has 3 rings (SSSR count). The first kappa shape index (κ1) is 20.9. The van der Waals surface area contributed by atoms with Gasteiger partial charge in [-0.3, -0.25) is 30.6 Å². The van der Waals surface area contributed by atoms with E-state index in [0.717, 1.165) is 17.8 Å². The molecule has 12 heteroatoms. The summed E-state index contributed by atoms with van der Waals surface area (Å²) in [6, 6.07) is 11.2. The van der Waals surface area contributed by atoms with Gasteiger partial charge in [-0.05, 0) is 18.2 Å². The number of nitrogens with one attached hydrogen (secondary N) is 2. The maximum absolute atomic E-state index is 13.9. The van der Waals surface area contributed by atoms with Crippen molar-refractivity contribution in [3.63, 3.8) is 0 Å². The van der Waals surface area contributed by atoms with Gasteiger partial charge < -0.3 is 4.57 Å². The molecule has 1 heterocycles. The largest absolute Gasteiger partial charge is 0.305 e. The fraction of sp³-hybridized carbons (Fsp3) is 0.111. The molecule has 154 valence electrons. The van der Waals surface area contributed by atoms with Crippen LogP contribution in [0.25, 0.3) is 11.4 Å². The standard InChI is InChI=1S/C18H15FN6O4S/c1-24-16(13-7-2-3-8-14(13)19)21-23-18(24)30-10-15(26)20-22-17(27)11-5-4-6-12(9-11)25(28)29/h2-9H,10H2,1H3,(H,20,26)(H,22,27). The van der Waals surface area contributed by atoms with E-state index in [2.05, 4.69) is 21.0 Å².